The zero-order valence-electron chi connectivity index (χ0n) is 13.5. The van der Waals surface area contributed by atoms with Gasteiger partial charge < -0.3 is 15.4 Å². The van der Waals surface area contributed by atoms with E-state index < -0.39 is 0 Å². The van der Waals surface area contributed by atoms with Crippen molar-refractivity contribution in [2.45, 2.75) is 25.2 Å². The molecule has 2 heterocycles. The maximum Gasteiger partial charge on any atom is 0.230 e. The van der Waals surface area contributed by atoms with Gasteiger partial charge in [0.25, 0.3) is 0 Å². The van der Waals surface area contributed by atoms with Gasteiger partial charge in [0.2, 0.25) is 5.91 Å². The lowest BCUT2D eigenvalue weighted by atomic mass is 9.97. The Morgan fingerprint density at radius 1 is 1.46 bits per heavy atom. The van der Waals surface area contributed by atoms with Crippen LogP contribution in [0.4, 0.5) is 5.13 Å². The molecule has 0 aliphatic carbocycles. The highest BCUT2D eigenvalue weighted by Gasteiger charge is 2.18. The number of hydrogen-bond donors (Lipinski definition) is 2. The van der Waals surface area contributed by atoms with Gasteiger partial charge in [0, 0.05) is 21.7 Å². The van der Waals surface area contributed by atoms with Gasteiger partial charge in [-0.2, -0.15) is 0 Å². The molecular weight excluding hydrogens is 346 g/mol. The van der Waals surface area contributed by atoms with Crippen LogP contribution >= 0.6 is 22.9 Å². The number of nitrogens with zero attached hydrogens (tertiary/aromatic N) is 1. The normalized spacial score (nSPS) is 15.2. The van der Waals surface area contributed by atoms with E-state index in [-0.39, 0.29) is 12.3 Å². The summed E-state index contributed by atoms with van der Waals surface area (Å²) in [5.74, 6) is 1.08. The molecule has 128 valence electrons. The minimum atomic E-state index is -0.123. The lowest BCUT2D eigenvalue weighted by molar-refractivity contribution is -0.115. The van der Waals surface area contributed by atoms with E-state index in [0.717, 1.165) is 31.5 Å². The molecule has 0 saturated carbocycles. The Hall–Kier alpha value is -1.63. The summed E-state index contributed by atoms with van der Waals surface area (Å²) in [6.07, 6.45) is 4.33. The SMILES string of the molecule is COc1ccc(Cl)cc1CC(=O)Nc1ncc(C2CCNCC2)s1. The maximum atomic E-state index is 12.3. The zero-order chi connectivity index (χ0) is 16.9. The number of piperidine rings is 1. The van der Waals surface area contributed by atoms with Gasteiger partial charge in [0.05, 0.1) is 13.5 Å². The fraction of sp³-hybridized carbons (Fsp3) is 0.412. The van der Waals surface area contributed by atoms with Gasteiger partial charge in [-0.3, -0.25) is 4.79 Å². The average Bonchev–Trinajstić information content (AvgIpc) is 3.04. The van der Waals surface area contributed by atoms with E-state index in [9.17, 15) is 4.79 Å². The highest BCUT2D eigenvalue weighted by molar-refractivity contribution is 7.15. The summed E-state index contributed by atoms with van der Waals surface area (Å²) in [4.78, 5) is 17.9. The Bertz CT molecular complexity index is 714. The molecule has 7 heteroatoms. The van der Waals surface area contributed by atoms with Crippen LogP contribution in [-0.2, 0) is 11.2 Å². The minimum Gasteiger partial charge on any atom is -0.496 e. The molecule has 0 unspecified atom stereocenters. The summed E-state index contributed by atoms with van der Waals surface area (Å²) in [5.41, 5.74) is 0.762. The second-order valence-electron chi connectivity index (χ2n) is 5.77. The van der Waals surface area contributed by atoms with Crippen LogP contribution in [0.15, 0.2) is 24.4 Å². The number of carbonyl (C=O) groups is 1. The van der Waals surface area contributed by atoms with Gasteiger partial charge in [-0.15, -0.1) is 11.3 Å². The molecule has 0 atom stereocenters. The first kappa shape index (κ1) is 17.2. The Morgan fingerprint density at radius 3 is 3.00 bits per heavy atom. The predicted octanol–water partition coefficient (Wildman–Crippen LogP) is 3.45. The molecule has 1 amide bonds. The number of thiazole rings is 1. The molecule has 24 heavy (non-hydrogen) atoms. The lowest BCUT2D eigenvalue weighted by Crippen LogP contribution is -2.26. The second-order valence-corrected chi connectivity index (χ2v) is 7.27. The van der Waals surface area contributed by atoms with Crippen LogP contribution in [0.1, 0.15) is 29.2 Å². The third-order valence-corrected chi connectivity index (χ3v) is 5.42. The summed E-state index contributed by atoms with van der Waals surface area (Å²) in [6.45, 7) is 2.08. The fourth-order valence-corrected chi connectivity index (χ4v) is 4.06. The Kier molecular flexibility index (Phi) is 5.71. The zero-order valence-corrected chi connectivity index (χ0v) is 15.0. The quantitative estimate of drug-likeness (QED) is 0.851. The van der Waals surface area contributed by atoms with Gasteiger partial charge in [0.15, 0.2) is 5.13 Å². The van der Waals surface area contributed by atoms with Crippen LogP contribution in [0.2, 0.25) is 5.02 Å². The van der Waals surface area contributed by atoms with E-state index >= 15 is 0 Å². The van der Waals surface area contributed by atoms with E-state index in [1.54, 1.807) is 36.6 Å². The number of aromatic nitrogens is 1. The van der Waals surface area contributed by atoms with E-state index in [1.165, 1.54) is 4.88 Å². The number of methoxy groups -OCH3 is 1. The van der Waals surface area contributed by atoms with Crippen molar-refractivity contribution in [3.05, 3.63) is 39.9 Å². The van der Waals surface area contributed by atoms with Crippen molar-refractivity contribution in [3.8, 4) is 5.75 Å². The number of nitrogens with one attached hydrogen (secondary N) is 2. The van der Waals surface area contributed by atoms with Crippen LogP contribution < -0.4 is 15.4 Å². The second kappa shape index (κ2) is 7.96. The first-order chi connectivity index (χ1) is 11.7. The van der Waals surface area contributed by atoms with E-state index in [0.29, 0.717) is 21.8 Å². The van der Waals surface area contributed by atoms with Gasteiger partial charge in [-0.25, -0.2) is 4.98 Å². The smallest absolute Gasteiger partial charge is 0.230 e. The summed E-state index contributed by atoms with van der Waals surface area (Å²) < 4.78 is 5.28. The molecule has 3 rings (SSSR count). The van der Waals surface area contributed by atoms with Crippen molar-refractivity contribution in [1.29, 1.82) is 0 Å². The van der Waals surface area contributed by atoms with Crippen molar-refractivity contribution < 1.29 is 9.53 Å². The number of carbonyl (C=O) groups excluding carboxylic acids is 1. The number of ether oxygens (including phenoxy) is 1. The largest absolute Gasteiger partial charge is 0.496 e. The number of amides is 1. The van der Waals surface area contributed by atoms with Crippen molar-refractivity contribution in [2.24, 2.45) is 0 Å². The molecule has 5 nitrogen and oxygen atoms in total. The van der Waals surface area contributed by atoms with Gasteiger partial charge in [0.1, 0.15) is 5.75 Å². The Balaban J connectivity index is 1.63. The van der Waals surface area contributed by atoms with E-state index in [1.807, 2.05) is 6.20 Å². The Morgan fingerprint density at radius 2 is 2.25 bits per heavy atom. The third kappa shape index (κ3) is 4.26. The molecule has 2 N–H and O–H groups in total. The number of rotatable bonds is 5. The molecule has 1 aromatic carbocycles. The van der Waals surface area contributed by atoms with Crippen molar-refractivity contribution >= 4 is 34.0 Å². The fourth-order valence-electron chi connectivity index (χ4n) is 2.86. The molecule has 1 aliphatic heterocycles. The van der Waals surface area contributed by atoms with Gasteiger partial charge >= 0.3 is 0 Å². The third-order valence-electron chi connectivity index (χ3n) is 4.10. The van der Waals surface area contributed by atoms with Gasteiger partial charge in [-0.1, -0.05) is 11.6 Å². The lowest BCUT2D eigenvalue weighted by Gasteiger charge is -2.20. The molecule has 1 saturated heterocycles. The van der Waals surface area contributed by atoms with Crippen molar-refractivity contribution in [2.75, 3.05) is 25.5 Å². The number of halogens is 1. The molecule has 1 fully saturated rings. The first-order valence-corrected chi connectivity index (χ1v) is 9.14. The number of anilines is 1. The highest BCUT2D eigenvalue weighted by Crippen LogP contribution is 2.32. The van der Waals surface area contributed by atoms with Crippen LogP contribution in [-0.4, -0.2) is 31.1 Å². The van der Waals surface area contributed by atoms with Crippen LogP contribution in [0.5, 0.6) is 5.75 Å². The van der Waals surface area contributed by atoms with Crippen molar-refractivity contribution in [3.63, 3.8) is 0 Å². The van der Waals surface area contributed by atoms with E-state index in [2.05, 4.69) is 15.6 Å². The van der Waals surface area contributed by atoms with Crippen LogP contribution in [0.3, 0.4) is 0 Å². The summed E-state index contributed by atoms with van der Waals surface area (Å²) in [7, 11) is 1.58. The van der Waals surface area contributed by atoms with E-state index in [4.69, 9.17) is 16.3 Å². The number of hydrogen-bond acceptors (Lipinski definition) is 5. The van der Waals surface area contributed by atoms with Crippen molar-refractivity contribution in [1.82, 2.24) is 10.3 Å². The standard InChI is InChI=1S/C17H20ClN3O2S/c1-23-14-3-2-13(18)8-12(14)9-16(22)21-17-20-10-15(24-17)11-4-6-19-7-5-11/h2-3,8,10-11,19H,4-7,9H2,1H3,(H,20,21,22). The monoisotopic (exact) mass is 365 g/mol. The molecule has 2 aromatic rings. The summed E-state index contributed by atoms with van der Waals surface area (Å²) >= 11 is 7.57. The van der Waals surface area contributed by atoms with Crippen LogP contribution in [0.25, 0.3) is 0 Å². The minimum absolute atomic E-state index is 0.123. The van der Waals surface area contributed by atoms with Gasteiger partial charge in [-0.05, 0) is 50.0 Å². The average molecular weight is 366 g/mol. The Labute approximate surface area is 150 Å². The maximum absolute atomic E-state index is 12.3. The molecule has 1 aromatic heterocycles. The topological polar surface area (TPSA) is 63.2 Å². The number of benzene rings is 1. The molecule has 0 bridgehead atoms. The predicted molar refractivity (Wildman–Crippen MR) is 97.3 cm³/mol. The summed E-state index contributed by atoms with van der Waals surface area (Å²) in [6, 6.07) is 5.26. The first-order valence-electron chi connectivity index (χ1n) is 7.94. The summed E-state index contributed by atoms with van der Waals surface area (Å²) in [5, 5.41) is 7.46. The molecule has 0 spiro atoms. The van der Waals surface area contributed by atoms with Crippen LogP contribution in [0, 0.1) is 0 Å². The molecule has 0 radical (unpaired) electrons. The highest BCUT2D eigenvalue weighted by atomic mass is 35.5. The molecular formula is C17H20ClN3O2S. The molecule has 1 aliphatic rings.